The molecule has 0 bridgehead atoms. The molecule has 0 heterocycles. The second kappa shape index (κ2) is 8.94. The van der Waals surface area contributed by atoms with Crippen molar-refractivity contribution in [1.82, 2.24) is 0 Å². The Bertz CT molecular complexity index is 794. The van der Waals surface area contributed by atoms with Crippen molar-refractivity contribution in [3.8, 4) is 23.7 Å². The summed E-state index contributed by atoms with van der Waals surface area (Å²) in [6, 6.07) is 20.1. The molecule has 26 heavy (non-hydrogen) atoms. The average molecular weight is 338 g/mol. The molecular weight excluding hydrogens is 312 g/mol. The number of hydrogen-bond acceptors (Lipinski definition) is 0. The van der Waals surface area contributed by atoms with E-state index in [-0.39, 0.29) is 10.8 Å². The zero-order valence-corrected chi connectivity index (χ0v) is 16.1. The first-order valence-electron chi connectivity index (χ1n) is 8.89. The van der Waals surface area contributed by atoms with Gasteiger partial charge in [-0.3, -0.25) is 0 Å². The van der Waals surface area contributed by atoms with E-state index in [4.69, 9.17) is 0 Å². The van der Waals surface area contributed by atoms with Crippen LogP contribution in [0.3, 0.4) is 0 Å². The van der Waals surface area contributed by atoms with E-state index >= 15 is 0 Å². The summed E-state index contributed by atoms with van der Waals surface area (Å²) in [5.41, 5.74) is 1.99. The molecule has 0 saturated carbocycles. The molecule has 0 fully saturated rings. The minimum Gasteiger partial charge on any atom is -0.0699 e. The fraction of sp³-hybridized carbons (Fsp3) is 0.231. The number of allylic oxidation sites excluding steroid dienone is 4. The van der Waals surface area contributed by atoms with Crippen LogP contribution in [0.1, 0.15) is 38.8 Å². The summed E-state index contributed by atoms with van der Waals surface area (Å²) < 4.78 is 0. The van der Waals surface area contributed by atoms with Crippen molar-refractivity contribution in [1.29, 1.82) is 0 Å². The Kier molecular flexibility index (Phi) is 6.66. The third-order valence-electron chi connectivity index (χ3n) is 4.81. The van der Waals surface area contributed by atoms with Crippen LogP contribution in [0, 0.1) is 34.5 Å². The summed E-state index contributed by atoms with van der Waals surface area (Å²) in [4.78, 5) is 0. The van der Waals surface area contributed by atoms with Gasteiger partial charge in [-0.25, -0.2) is 0 Å². The predicted octanol–water partition coefficient (Wildman–Crippen LogP) is 6.25. The van der Waals surface area contributed by atoms with Crippen LogP contribution in [0.25, 0.3) is 0 Å². The highest BCUT2D eigenvalue weighted by molar-refractivity contribution is 5.38. The first kappa shape index (κ1) is 19.4. The van der Waals surface area contributed by atoms with E-state index in [1.54, 1.807) is 0 Å². The molecule has 0 nitrogen and oxygen atoms in total. The summed E-state index contributed by atoms with van der Waals surface area (Å²) in [6.45, 7) is 8.90. The second-order valence-electron chi connectivity index (χ2n) is 7.38. The van der Waals surface area contributed by atoms with Gasteiger partial charge in [0.1, 0.15) is 0 Å². The third-order valence-corrected chi connectivity index (χ3v) is 4.81. The predicted molar refractivity (Wildman–Crippen MR) is 112 cm³/mol. The molecule has 0 aliphatic carbocycles. The highest BCUT2D eigenvalue weighted by atomic mass is 14.4. The van der Waals surface area contributed by atoms with Gasteiger partial charge in [0.15, 0.2) is 0 Å². The van der Waals surface area contributed by atoms with E-state index in [2.05, 4.69) is 63.5 Å². The van der Waals surface area contributed by atoms with Crippen LogP contribution in [-0.2, 0) is 0 Å². The van der Waals surface area contributed by atoms with E-state index < -0.39 is 0 Å². The van der Waals surface area contributed by atoms with Crippen LogP contribution >= 0.6 is 0 Å². The summed E-state index contributed by atoms with van der Waals surface area (Å²) in [5, 5.41) is 0. The minimum absolute atomic E-state index is 0.0384. The topological polar surface area (TPSA) is 0 Å². The van der Waals surface area contributed by atoms with Gasteiger partial charge in [-0.1, -0.05) is 99.9 Å². The lowest BCUT2D eigenvalue weighted by atomic mass is 9.67. The Hall–Kier alpha value is -2.96. The van der Waals surface area contributed by atoms with Gasteiger partial charge < -0.3 is 0 Å². The van der Waals surface area contributed by atoms with Gasteiger partial charge in [0.2, 0.25) is 0 Å². The van der Waals surface area contributed by atoms with E-state index in [0.717, 1.165) is 11.1 Å². The highest BCUT2D eigenvalue weighted by Gasteiger charge is 2.32. The molecule has 0 atom stereocenters. The zero-order valence-electron chi connectivity index (χ0n) is 16.1. The molecule has 0 aliphatic heterocycles. The van der Waals surface area contributed by atoms with Gasteiger partial charge in [0.25, 0.3) is 0 Å². The fourth-order valence-corrected chi connectivity index (χ4v) is 2.22. The Morgan fingerprint density at radius 1 is 0.577 bits per heavy atom. The van der Waals surface area contributed by atoms with Crippen molar-refractivity contribution in [2.75, 3.05) is 0 Å². The average Bonchev–Trinajstić information content (AvgIpc) is 2.64. The molecule has 0 heteroatoms. The highest BCUT2D eigenvalue weighted by Crippen LogP contribution is 2.40. The van der Waals surface area contributed by atoms with Crippen molar-refractivity contribution in [2.45, 2.75) is 27.7 Å². The lowest BCUT2D eigenvalue weighted by Gasteiger charge is -2.36. The number of rotatable bonds is 3. The van der Waals surface area contributed by atoms with Crippen LogP contribution in [0.4, 0.5) is 0 Å². The summed E-state index contributed by atoms with van der Waals surface area (Å²) in [7, 11) is 0. The molecule has 0 unspecified atom stereocenters. The molecule has 2 aromatic rings. The molecule has 130 valence electrons. The lowest BCUT2D eigenvalue weighted by Crippen LogP contribution is -2.28. The molecule has 0 N–H and O–H groups in total. The molecule has 0 aromatic heterocycles. The molecule has 0 spiro atoms. The number of benzene rings is 2. The summed E-state index contributed by atoms with van der Waals surface area (Å²) in [5.74, 6) is 12.6. The van der Waals surface area contributed by atoms with Gasteiger partial charge in [-0.05, 0) is 47.2 Å². The maximum atomic E-state index is 3.16. The Balaban J connectivity index is 2.04. The van der Waals surface area contributed by atoms with Crippen LogP contribution < -0.4 is 0 Å². The third kappa shape index (κ3) is 5.84. The largest absolute Gasteiger partial charge is 0.0699 e. The Labute approximate surface area is 158 Å². The number of hydrogen-bond donors (Lipinski definition) is 0. The maximum Gasteiger partial charge on any atom is 0.0248 e. The van der Waals surface area contributed by atoms with Gasteiger partial charge >= 0.3 is 0 Å². The van der Waals surface area contributed by atoms with Crippen molar-refractivity contribution < 1.29 is 0 Å². The Morgan fingerprint density at radius 3 is 1.27 bits per heavy atom. The van der Waals surface area contributed by atoms with Crippen molar-refractivity contribution in [3.05, 3.63) is 96.1 Å². The monoisotopic (exact) mass is 338 g/mol. The molecular formula is C26H26. The fourth-order valence-electron chi connectivity index (χ4n) is 2.22. The quantitative estimate of drug-likeness (QED) is 0.580. The van der Waals surface area contributed by atoms with Crippen molar-refractivity contribution in [3.63, 3.8) is 0 Å². The van der Waals surface area contributed by atoms with E-state index in [9.17, 15) is 0 Å². The zero-order chi connectivity index (χ0) is 18.9. The van der Waals surface area contributed by atoms with Crippen LogP contribution in [-0.4, -0.2) is 0 Å². The SMILES string of the molecule is CC(C)(/C=C/C#Cc1ccccc1)C(C)(C)/C=C/C#Cc1ccccc1. The van der Waals surface area contributed by atoms with E-state index in [0.29, 0.717) is 0 Å². The normalized spacial score (nSPS) is 11.7. The second-order valence-corrected chi connectivity index (χ2v) is 7.38. The van der Waals surface area contributed by atoms with Crippen LogP contribution in [0.5, 0.6) is 0 Å². The first-order valence-corrected chi connectivity index (χ1v) is 8.89. The van der Waals surface area contributed by atoms with Crippen molar-refractivity contribution in [2.24, 2.45) is 10.8 Å². The standard InChI is InChI=1S/C26H26/c1-25(2,21-13-11-19-23-15-7-5-8-16-23)26(3,4)22-14-12-20-24-17-9-6-10-18-24/h5-10,13-18,21-22H,1-4H3/b21-13+,22-14+. The molecule has 2 aromatic carbocycles. The maximum absolute atomic E-state index is 3.16. The Morgan fingerprint density at radius 2 is 0.923 bits per heavy atom. The molecule has 0 amide bonds. The van der Waals surface area contributed by atoms with Crippen molar-refractivity contribution >= 4 is 0 Å². The summed E-state index contributed by atoms with van der Waals surface area (Å²) >= 11 is 0. The van der Waals surface area contributed by atoms with Gasteiger partial charge in [0, 0.05) is 11.1 Å². The molecule has 0 saturated heterocycles. The van der Waals surface area contributed by atoms with Gasteiger partial charge in [-0.2, -0.15) is 0 Å². The van der Waals surface area contributed by atoms with Gasteiger partial charge in [0.05, 0.1) is 0 Å². The summed E-state index contributed by atoms with van der Waals surface area (Å²) in [6.07, 6.45) is 8.27. The molecule has 0 aliphatic rings. The first-order chi connectivity index (χ1) is 12.4. The van der Waals surface area contributed by atoms with E-state index in [1.165, 1.54) is 0 Å². The molecule has 2 rings (SSSR count). The minimum atomic E-state index is -0.0384. The lowest BCUT2D eigenvalue weighted by molar-refractivity contribution is 0.233. The van der Waals surface area contributed by atoms with Gasteiger partial charge in [-0.15, -0.1) is 0 Å². The molecule has 0 radical (unpaired) electrons. The van der Waals surface area contributed by atoms with Crippen LogP contribution in [0.2, 0.25) is 0 Å². The smallest absolute Gasteiger partial charge is 0.0248 e. The van der Waals surface area contributed by atoms with Crippen LogP contribution in [0.15, 0.2) is 85.0 Å². The van der Waals surface area contributed by atoms with E-state index in [1.807, 2.05) is 72.8 Å².